The van der Waals surface area contributed by atoms with Crippen LogP contribution in [0.25, 0.3) is 0 Å². The summed E-state index contributed by atoms with van der Waals surface area (Å²) in [5.41, 5.74) is 4.33. The van der Waals surface area contributed by atoms with Gasteiger partial charge < -0.3 is 9.47 Å². The fraction of sp³-hybridized carbons (Fsp3) is 0.222. The number of carbonyl (C=O) groups is 1. The molecule has 136 valence electrons. The number of nitrogens with one attached hydrogen (secondary N) is 1. The van der Waals surface area contributed by atoms with Gasteiger partial charge in [-0.3, -0.25) is 14.9 Å². The maximum absolute atomic E-state index is 11.9. The molecule has 0 radical (unpaired) electrons. The minimum atomic E-state index is -0.549. The Labute approximate surface area is 150 Å². The van der Waals surface area contributed by atoms with Gasteiger partial charge in [-0.2, -0.15) is 5.10 Å². The van der Waals surface area contributed by atoms with E-state index in [1.165, 1.54) is 12.1 Å². The molecule has 1 N–H and O–H groups in total. The van der Waals surface area contributed by atoms with E-state index < -0.39 is 10.8 Å². The second-order valence-corrected chi connectivity index (χ2v) is 5.48. The monoisotopic (exact) mass is 357 g/mol. The topological polar surface area (TPSA) is 103 Å². The van der Waals surface area contributed by atoms with Crippen LogP contribution < -0.4 is 14.9 Å². The van der Waals surface area contributed by atoms with E-state index in [0.717, 1.165) is 16.9 Å². The van der Waals surface area contributed by atoms with Crippen LogP contribution >= 0.6 is 0 Å². The van der Waals surface area contributed by atoms with Gasteiger partial charge in [0, 0.05) is 6.07 Å². The van der Waals surface area contributed by atoms with Crippen LogP contribution in [0.5, 0.6) is 11.5 Å². The first-order chi connectivity index (χ1) is 12.4. The molecule has 2 aromatic carbocycles. The maximum Gasteiger partial charge on any atom is 0.311 e. The Morgan fingerprint density at radius 2 is 1.92 bits per heavy atom. The van der Waals surface area contributed by atoms with E-state index in [2.05, 4.69) is 10.5 Å². The molecule has 0 atom stereocenters. The van der Waals surface area contributed by atoms with Crippen LogP contribution in [0.1, 0.15) is 18.1 Å². The Balaban J connectivity index is 1.95. The summed E-state index contributed by atoms with van der Waals surface area (Å²) in [6.45, 7) is 3.09. The van der Waals surface area contributed by atoms with Crippen molar-refractivity contribution < 1.29 is 19.2 Å². The van der Waals surface area contributed by atoms with Crippen molar-refractivity contribution in [2.24, 2.45) is 5.10 Å². The van der Waals surface area contributed by atoms with Crippen LogP contribution in [0.15, 0.2) is 47.6 Å². The van der Waals surface area contributed by atoms with Crippen LogP contribution in [-0.2, 0) is 4.79 Å². The number of benzene rings is 2. The van der Waals surface area contributed by atoms with Crippen molar-refractivity contribution in [3.05, 3.63) is 63.7 Å². The number of carbonyl (C=O) groups excluding carboxylic acids is 1. The maximum atomic E-state index is 11.9. The SMILES string of the molecule is COc1ccc(/C(C)=N/NC(=O)COc2ccc(C)cc2[N+](=O)[O-])cc1. The van der Waals surface area contributed by atoms with E-state index in [1.807, 2.05) is 12.1 Å². The lowest BCUT2D eigenvalue weighted by molar-refractivity contribution is -0.385. The van der Waals surface area contributed by atoms with Crippen LogP contribution in [0.2, 0.25) is 0 Å². The third-order valence-corrected chi connectivity index (χ3v) is 3.53. The van der Waals surface area contributed by atoms with Crippen molar-refractivity contribution in [3.63, 3.8) is 0 Å². The van der Waals surface area contributed by atoms with Crippen molar-refractivity contribution in [3.8, 4) is 11.5 Å². The van der Waals surface area contributed by atoms with Gasteiger partial charge in [0.05, 0.1) is 17.7 Å². The van der Waals surface area contributed by atoms with E-state index >= 15 is 0 Å². The number of ether oxygens (including phenoxy) is 2. The molecule has 0 fully saturated rings. The van der Waals surface area contributed by atoms with Crippen molar-refractivity contribution >= 4 is 17.3 Å². The predicted molar refractivity (Wildman–Crippen MR) is 96.7 cm³/mol. The van der Waals surface area contributed by atoms with Crippen LogP contribution in [0, 0.1) is 17.0 Å². The molecule has 0 saturated heterocycles. The molecular formula is C18H19N3O5. The molecule has 0 aliphatic rings. The number of nitro groups is 1. The van der Waals surface area contributed by atoms with Gasteiger partial charge in [0.25, 0.3) is 5.91 Å². The number of hydrogen-bond acceptors (Lipinski definition) is 6. The molecule has 0 heterocycles. The standard InChI is InChI=1S/C18H19N3O5/c1-12-4-9-17(16(10-12)21(23)24)26-11-18(22)20-19-13(2)14-5-7-15(25-3)8-6-14/h4-10H,11H2,1-3H3,(H,20,22)/b19-13+. The highest BCUT2D eigenvalue weighted by atomic mass is 16.6. The Morgan fingerprint density at radius 3 is 2.54 bits per heavy atom. The average Bonchev–Trinajstić information content (AvgIpc) is 2.65. The van der Waals surface area contributed by atoms with Gasteiger partial charge in [-0.05, 0) is 55.3 Å². The molecule has 0 aromatic heterocycles. The number of hydrazone groups is 1. The lowest BCUT2D eigenvalue weighted by atomic mass is 10.1. The smallest absolute Gasteiger partial charge is 0.311 e. The molecule has 8 nitrogen and oxygen atoms in total. The Hall–Kier alpha value is -3.42. The first-order valence-corrected chi connectivity index (χ1v) is 7.76. The van der Waals surface area contributed by atoms with Gasteiger partial charge >= 0.3 is 5.69 Å². The number of methoxy groups -OCH3 is 1. The van der Waals surface area contributed by atoms with E-state index in [-0.39, 0.29) is 18.0 Å². The van der Waals surface area contributed by atoms with Crippen LogP contribution in [0.3, 0.4) is 0 Å². The number of rotatable bonds is 7. The normalized spacial score (nSPS) is 11.0. The third-order valence-electron chi connectivity index (χ3n) is 3.53. The summed E-state index contributed by atoms with van der Waals surface area (Å²) in [5, 5.41) is 15.0. The van der Waals surface area contributed by atoms with Gasteiger partial charge in [-0.25, -0.2) is 5.43 Å². The minimum absolute atomic E-state index is 0.0339. The second kappa shape index (κ2) is 8.61. The Bertz CT molecular complexity index is 831. The van der Waals surface area contributed by atoms with Crippen LogP contribution in [0.4, 0.5) is 5.69 Å². The molecule has 0 unspecified atom stereocenters. The summed E-state index contributed by atoms with van der Waals surface area (Å²) in [5.74, 6) is 0.234. The molecule has 8 heteroatoms. The lowest BCUT2D eigenvalue weighted by Gasteiger charge is -2.07. The zero-order valence-corrected chi connectivity index (χ0v) is 14.7. The lowest BCUT2D eigenvalue weighted by Crippen LogP contribution is -2.25. The molecule has 0 saturated carbocycles. The number of hydrogen-bond donors (Lipinski definition) is 1. The molecule has 0 aliphatic heterocycles. The molecular weight excluding hydrogens is 338 g/mol. The van der Waals surface area contributed by atoms with Crippen molar-refractivity contribution in [2.75, 3.05) is 13.7 Å². The van der Waals surface area contributed by atoms with E-state index in [9.17, 15) is 14.9 Å². The molecule has 0 spiro atoms. The fourth-order valence-corrected chi connectivity index (χ4v) is 2.11. The predicted octanol–water partition coefficient (Wildman–Crippen LogP) is 2.83. The zero-order chi connectivity index (χ0) is 19.1. The summed E-state index contributed by atoms with van der Waals surface area (Å²) in [4.78, 5) is 22.3. The van der Waals surface area contributed by atoms with Gasteiger partial charge in [-0.1, -0.05) is 6.07 Å². The largest absolute Gasteiger partial charge is 0.497 e. The highest BCUT2D eigenvalue weighted by molar-refractivity contribution is 5.99. The molecule has 0 aliphatic carbocycles. The summed E-state index contributed by atoms with van der Waals surface area (Å²) in [6, 6.07) is 11.7. The van der Waals surface area contributed by atoms with Gasteiger partial charge in [0.1, 0.15) is 5.75 Å². The molecule has 0 bridgehead atoms. The Morgan fingerprint density at radius 1 is 1.23 bits per heavy atom. The number of amides is 1. The first kappa shape index (κ1) is 18.9. The van der Waals surface area contributed by atoms with Crippen molar-refractivity contribution in [1.82, 2.24) is 5.43 Å². The van der Waals surface area contributed by atoms with Gasteiger partial charge in [0.2, 0.25) is 0 Å². The van der Waals surface area contributed by atoms with Gasteiger partial charge in [0.15, 0.2) is 12.4 Å². The number of nitro benzene ring substituents is 1. The summed E-state index contributed by atoms with van der Waals surface area (Å²) < 4.78 is 10.3. The van der Waals surface area contributed by atoms with E-state index in [0.29, 0.717) is 5.71 Å². The van der Waals surface area contributed by atoms with Crippen molar-refractivity contribution in [2.45, 2.75) is 13.8 Å². The first-order valence-electron chi connectivity index (χ1n) is 7.76. The molecule has 2 aromatic rings. The summed E-state index contributed by atoms with van der Waals surface area (Å²) in [7, 11) is 1.58. The average molecular weight is 357 g/mol. The highest BCUT2D eigenvalue weighted by Crippen LogP contribution is 2.27. The van der Waals surface area contributed by atoms with E-state index in [1.54, 1.807) is 39.2 Å². The number of aryl methyl sites for hydroxylation is 1. The molecule has 1 amide bonds. The Kier molecular flexibility index (Phi) is 6.26. The number of nitrogens with zero attached hydrogens (tertiary/aromatic N) is 2. The zero-order valence-electron chi connectivity index (χ0n) is 14.7. The second-order valence-electron chi connectivity index (χ2n) is 5.48. The van der Waals surface area contributed by atoms with Crippen LogP contribution in [-0.4, -0.2) is 30.3 Å². The summed E-state index contributed by atoms with van der Waals surface area (Å²) in [6.07, 6.45) is 0. The quantitative estimate of drug-likeness (QED) is 0.466. The molecule has 2 rings (SSSR count). The van der Waals surface area contributed by atoms with E-state index in [4.69, 9.17) is 9.47 Å². The minimum Gasteiger partial charge on any atom is -0.497 e. The molecule has 26 heavy (non-hydrogen) atoms. The third kappa shape index (κ3) is 5.04. The van der Waals surface area contributed by atoms with Gasteiger partial charge in [-0.15, -0.1) is 0 Å². The fourth-order valence-electron chi connectivity index (χ4n) is 2.11. The highest BCUT2D eigenvalue weighted by Gasteiger charge is 2.16. The van der Waals surface area contributed by atoms with Crippen molar-refractivity contribution in [1.29, 1.82) is 0 Å². The summed E-state index contributed by atoms with van der Waals surface area (Å²) >= 11 is 0.